The molecule has 0 aliphatic heterocycles. The van der Waals surface area contributed by atoms with Crippen molar-refractivity contribution in [3.63, 3.8) is 0 Å². The van der Waals surface area contributed by atoms with Gasteiger partial charge >= 0.3 is 6.09 Å². The molecule has 0 saturated carbocycles. The van der Waals surface area contributed by atoms with Crippen LogP contribution < -0.4 is 10.6 Å². The van der Waals surface area contributed by atoms with Crippen LogP contribution in [0.1, 0.15) is 26.3 Å². The third kappa shape index (κ3) is 3.97. The first-order valence-corrected chi connectivity index (χ1v) is 5.83. The van der Waals surface area contributed by atoms with Crippen molar-refractivity contribution in [2.24, 2.45) is 0 Å². The molecule has 1 N–H and O–H groups in total. The number of rotatable bonds is 1. The van der Waals surface area contributed by atoms with Crippen LogP contribution in [0, 0.1) is 12.7 Å². The molecule has 0 aromatic heterocycles. The van der Waals surface area contributed by atoms with E-state index in [9.17, 15) is 9.18 Å². The molecule has 3 nitrogen and oxygen atoms in total. The van der Waals surface area contributed by atoms with Gasteiger partial charge in [0.1, 0.15) is 5.60 Å². The Morgan fingerprint density at radius 3 is 2.53 bits per heavy atom. The van der Waals surface area contributed by atoms with Crippen LogP contribution in [0.3, 0.4) is 0 Å². The molecule has 0 bridgehead atoms. The molecule has 1 atom stereocenters. The summed E-state index contributed by atoms with van der Waals surface area (Å²) >= 11 is 0. The SMILES string of the molecule is Cc1ccc(NC(=O)OC(C)(C)C)c(F)c1P. The van der Waals surface area contributed by atoms with Gasteiger partial charge in [0.25, 0.3) is 0 Å². The average Bonchev–Trinajstić information content (AvgIpc) is 2.16. The van der Waals surface area contributed by atoms with Gasteiger partial charge in [-0.15, -0.1) is 9.24 Å². The number of hydrogen-bond acceptors (Lipinski definition) is 2. The molecule has 1 aromatic rings. The van der Waals surface area contributed by atoms with E-state index in [1.807, 2.05) is 0 Å². The van der Waals surface area contributed by atoms with E-state index in [0.717, 1.165) is 5.56 Å². The van der Waals surface area contributed by atoms with Crippen LogP contribution in [0.2, 0.25) is 0 Å². The summed E-state index contributed by atoms with van der Waals surface area (Å²) < 4.78 is 18.8. The fraction of sp³-hybridized carbons (Fsp3) is 0.417. The standard InChI is InChI=1S/C12H17FNO2P/c1-7-5-6-8(9(13)10(7)17)14-11(15)16-12(2,3)4/h5-6H,17H2,1-4H3,(H,14,15). The monoisotopic (exact) mass is 257 g/mol. The van der Waals surface area contributed by atoms with E-state index in [2.05, 4.69) is 14.6 Å². The maximum absolute atomic E-state index is 13.8. The van der Waals surface area contributed by atoms with Crippen LogP contribution in [-0.2, 0) is 4.74 Å². The van der Waals surface area contributed by atoms with Gasteiger partial charge in [-0.05, 0) is 39.3 Å². The molecule has 1 unspecified atom stereocenters. The molecular weight excluding hydrogens is 240 g/mol. The normalized spacial score (nSPS) is 11.2. The molecule has 5 heteroatoms. The predicted molar refractivity (Wildman–Crippen MR) is 70.3 cm³/mol. The van der Waals surface area contributed by atoms with Crippen molar-refractivity contribution in [1.29, 1.82) is 0 Å². The van der Waals surface area contributed by atoms with E-state index < -0.39 is 17.5 Å². The molecule has 1 rings (SSSR count). The molecule has 0 aliphatic rings. The van der Waals surface area contributed by atoms with Gasteiger partial charge in [-0.3, -0.25) is 5.32 Å². The van der Waals surface area contributed by atoms with Gasteiger partial charge in [0, 0.05) is 5.30 Å². The Labute approximate surface area is 103 Å². The number of halogens is 1. The largest absolute Gasteiger partial charge is 0.444 e. The summed E-state index contributed by atoms with van der Waals surface area (Å²) in [5.41, 5.74) is 0.326. The first-order chi connectivity index (χ1) is 7.70. The Hall–Kier alpha value is -1.15. The summed E-state index contributed by atoms with van der Waals surface area (Å²) in [6.45, 7) is 7.04. The molecule has 94 valence electrons. The minimum absolute atomic E-state index is 0.120. The first kappa shape index (κ1) is 13.9. The lowest BCUT2D eigenvalue weighted by Gasteiger charge is -2.20. The first-order valence-electron chi connectivity index (χ1n) is 5.25. The highest BCUT2D eigenvalue weighted by molar-refractivity contribution is 7.27. The fourth-order valence-electron chi connectivity index (χ4n) is 1.20. The summed E-state index contributed by atoms with van der Waals surface area (Å²) in [5.74, 6) is -0.458. The van der Waals surface area contributed by atoms with Crippen LogP contribution in [0.25, 0.3) is 0 Å². The Morgan fingerprint density at radius 1 is 1.41 bits per heavy atom. The van der Waals surface area contributed by atoms with Crippen LogP contribution in [0.5, 0.6) is 0 Å². The molecule has 0 saturated heterocycles. The lowest BCUT2D eigenvalue weighted by molar-refractivity contribution is 0.0635. The van der Waals surface area contributed by atoms with Crippen molar-refractivity contribution in [3.05, 3.63) is 23.5 Å². The lowest BCUT2D eigenvalue weighted by atomic mass is 10.2. The topological polar surface area (TPSA) is 38.3 Å². The Kier molecular flexibility index (Phi) is 4.10. The van der Waals surface area contributed by atoms with Gasteiger partial charge in [-0.2, -0.15) is 0 Å². The highest BCUT2D eigenvalue weighted by Crippen LogP contribution is 2.17. The van der Waals surface area contributed by atoms with E-state index >= 15 is 0 Å². The van der Waals surface area contributed by atoms with Crippen LogP contribution in [-0.4, -0.2) is 11.7 Å². The zero-order valence-electron chi connectivity index (χ0n) is 10.4. The zero-order valence-corrected chi connectivity index (χ0v) is 11.6. The number of hydrogen-bond donors (Lipinski definition) is 1. The molecule has 0 radical (unpaired) electrons. The number of amides is 1. The smallest absolute Gasteiger partial charge is 0.412 e. The van der Waals surface area contributed by atoms with E-state index in [-0.39, 0.29) is 5.69 Å². The van der Waals surface area contributed by atoms with Gasteiger partial charge in [0.2, 0.25) is 0 Å². The van der Waals surface area contributed by atoms with Crippen molar-refractivity contribution in [2.75, 3.05) is 5.32 Å². The summed E-state index contributed by atoms with van der Waals surface area (Å²) in [7, 11) is 2.31. The molecule has 0 heterocycles. The summed E-state index contributed by atoms with van der Waals surface area (Å²) in [6, 6.07) is 3.25. The van der Waals surface area contributed by atoms with Crippen molar-refractivity contribution < 1.29 is 13.9 Å². The Balaban J connectivity index is 2.83. The second-order valence-electron chi connectivity index (χ2n) is 4.78. The molecule has 1 amide bonds. The number of benzene rings is 1. The number of carbonyl (C=O) groups excluding carboxylic acids is 1. The quantitative estimate of drug-likeness (QED) is 0.785. The van der Waals surface area contributed by atoms with Gasteiger partial charge in [0.15, 0.2) is 5.82 Å². The highest BCUT2D eigenvalue weighted by atomic mass is 31.0. The van der Waals surface area contributed by atoms with Crippen LogP contribution in [0.4, 0.5) is 14.9 Å². The second-order valence-corrected chi connectivity index (χ2v) is 5.36. The zero-order chi connectivity index (χ0) is 13.2. The van der Waals surface area contributed by atoms with Crippen LogP contribution >= 0.6 is 9.24 Å². The molecular formula is C12H17FNO2P. The third-order valence-corrected chi connectivity index (χ3v) is 2.74. The fourth-order valence-corrected chi connectivity index (χ4v) is 1.45. The number of aryl methyl sites for hydroxylation is 1. The number of anilines is 1. The summed E-state index contributed by atoms with van der Waals surface area (Å²) in [4.78, 5) is 11.5. The maximum atomic E-state index is 13.8. The second kappa shape index (κ2) is 5.01. The molecule has 0 aliphatic carbocycles. The van der Waals surface area contributed by atoms with Gasteiger partial charge in [0.05, 0.1) is 5.69 Å². The number of ether oxygens (including phenoxy) is 1. The number of nitrogens with one attached hydrogen (secondary N) is 1. The molecule has 1 aromatic carbocycles. The van der Waals surface area contributed by atoms with E-state index in [4.69, 9.17) is 4.74 Å². The average molecular weight is 257 g/mol. The van der Waals surface area contributed by atoms with Crippen molar-refractivity contribution in [3.8, 4) is 0 Å². The van der Waals surface area contributed by atoms with Crippen molar-refractivity contribution in [1.82, 2.24) is 0 Å². The minimum Gasteiger partial charge on any atom is -0.444 e. The summed E-state index contributed by atoms with van der Waals surface area (Å²) in [6.07, 6.45) is -0.662. The molecule has 0 fully saturated rings. The molecule has 0 spiro atoms. The van der Waals surface area contributed by atoms with E-state index in [0.29, 0.717) is 5.30 Å². The number of carbonyl (C=O) groups is 1. The Morgan fingerprint density at radius 2 is 2.00 bits per heavy atom. The van der Waals surface area contributed by atoms with E-state index in [1.165, 1.54) is 6.07 Å². The van der Waals surface area contributed by atoms with Gasteiger partial charge in [-0.25, -0.2) is 9.18 Å². The van der Waals surface area contributed by atoms with Crippen molar-refractivity contribution in [2.45, 2.75) is 33.3 Å². The molecule has 17 heavy (non-hydrogen) atoms. The maximum Gasteiger partial charge on any atom is 0.412 e. The predicted octanol–water partition coefficient (Wildman–Crippen LogP) is 2.98. The Bertz CT molecular complexity index is 441. The third-order valence-electron chi connectivity index (χ3n) is 2.03. The van der Waals surface area contributed by atoms with E-state index in [1.54, 1.807) is 33.8 Å². The van der Waals surface area contributed by atoms with Gasteiger partial charge < -0.3 is 4.74 Å². The van der Waals surface area contributed by atoms with Crippen molar-refractivity contribution >= 4 is 26.3 Å². The minimum atomic E-state index is -0.662. The van der Waals surface area contributed by atoms with Gasteiger partial charge in [-0.1, -0.05) is 6.07 Å². The highest BCUT2D eigenvalue weighted by Gasteiger charge is 2.18. The lowest BCUT2D eigenvalue weighted by Crippen LogP contribution is -2.28. The summed E-state index contributed by atoms with van der Waals surface area (Å²) in [5, 5.41) is 2.83. The van der Waals surface area contributed by atoms with Crippen LogP contribution in [0.15, 0.2) is 12.1 Å².